The third-order valence-corrected chi connectivity index (χ3v) is 3.28. The van der Waals surface area contributed by atoms with Crippen LogP contribution in [0.1, 0.15) is 34.1 Å². The highest BCUT2D eigenvalue weighted by Gasteiger charge is 2.14. The van der Waals surface area contributed by atoms with E-state index in [2.05, 4.69) is 37.5 Å². The maximum absolute atomic E-state index is 5.66. The van der Waals surface area contributed by atoms with E-state index in [1.807, 2.05) is 13.0 Å². The molecule has 0 amide bonds. The second-order valence-corrected chi connectivity index (χ2v) is 4.84. The maximum Gasteiger partial charge on any atom is 0.101 e. The molecule has 0 saturated heterocycles. The van der Waals surface area contributed by atoms with E-state index in [0.717, 1.165) is 17.7 Å². The lowest BCUT2D eigenvalue weighted by Gasteiger charge is -2.16. The van der Waals surface area contributed by atoms with E-state index in [0.29, 0.717) is 0 Å². The van der Waals surface area contributed by atoms with Crippen molar-refractivity contribution in [3.8, 4) is 0 Å². The molecule has 0 aliphatic carbocycles. The molecule has 1 atom stereocenters. The summed E-state index contributed by atoms with van der Waals surface area (Å²) in [5.41, 5.74) is 7.84. The third-order valence-electron chi connectivity index (χ3n) is 3.28. The predicted molar refractivity (Wildman–Crippen MR) is 73.1 cm³/mol. The van der Waals surface area contributed by atoms with E-state index in [-0.39, 0.29) is 6.04 Å². The van der Waals surface area contributed by atoms with Crippen LogP contribution in [0.25, 0.3) is 0 Å². The van der Waals surface area contributed by atoms with Crippen molar-refractivity contribution >= 4 is 0 Å². The normalized spacial score (nSPS) is 12.7. The van der Waals surface area contributed by atoms with Crippen molar-refractivity contribution in [1.29, 1.82) is 0 Å². The number of rotatable bonds is 4. The largest absolute Gasteiger partial charge is 0.469 e. The first-order valence-electron chi connectivity index (χ1n) is 6.17. The fourth-order valence-corrected chi connectivity index (χ4v) is 2.16. The quantitative estimate of drug-likeness (QED) is 0.642. The van der Waals surface area contributed by atoms with Crippen LogP contribution in [0, 0.1) is 20.8 Å². The summed E-state index contributed by atoms with van der Waals surface area (Å²) in [5.74, 6) is 6.57. The summed E-state index contributed by atoms with van der Waals surface area (Å²) in [6.45, 7) is 6.17. The zero-order chi connectivity index (χ0) is 13.1. The van der Waals surface area contributed by atoms with Crippen molar-refractivity contribution in [3.63, 3.8) is 0 Å². The summed E-state index contributed by atoms with van der Waals surface area (Å²) in [6, 6.07) is 8.61. The number of nitrogens with one attached hydrogen (secondary N) is 1. The summed E-state index contributed by atoms with van der Waals surface area (Å²) in [7, 11) is 0. The molecule has 0 fully saturated rings. The summed E-state index contributed by atoms with van der Waals surface area (Å²) in [4.78, 5) is 0. The molecule has 3 N–H and O–H groups in total. The fourth-order valence-electron chi connectivity index (χ4n) is 2.16. The van der Waals surface area contributed by atoms with Crippen molar-refractivity contribution in [2.45, 2.75) is 33.2 Å². The van der Waals surface area contributed by atoms with E-state index < -0.39 is 0 Å². The number of hydrogen-bond acceptors (Lipinski definition) is 3. The molecule has 1 aromatic carbocycles. The first-order chi connectivity index (χ1) is 8.60. The fraction of sp³-hybridized carbons (Fsp3) is 0.333. The van der Waals surface area contributed by atoms with Gasteiger partial charge in [0.25, 0.3) is 0 Å². The lowest BCUT2D eigenvalue weighted by molar-refractivity contribution is 0.511. The maximum atomic E-state index is 5.66. The van der Waals surface area contributed by atoms with Gasteiger partial charge in [-0.3, -0.25) is 11.3 Å². The molecular weight excluding hydrogens is 224 g/mol. The molecule has 1 heterocycles. The molecule has 1 aromatic heterocycles. The average Bonchev–Trinajstić information content (AvgIpc) is 2.77. The number of hydrazine groups is 1. The molecule has 0 aliphatic rings. The zero-order valence-electron chi connectivity index (χ0n) is 11.2. The van der Waals surface area contributed by atoms with Gasteiger partial charge in [-0.05, 0) is 44.4 Å². The van der Waals surface area contributed by atoms with Crippen LogP contribution >= 0.6 is 0 Å². The molecule has 0 spiro atoms. The molecule has 0 radical (unpaired) electrons. The number of aryl methyl sites for hydroxylation is 3. The van der Waals surface area contributed by atoms with Gasteiger partial charge in [0.15, 0.2) is 0 Å². The number of benzene rings is 1. The Balaban J connectivity index is 2.22. The standard InChI is InChI=1S/C15H20N2O/c1-10-4-5-11(2)13(6-10)8-15(17-16)14-7-12(3)18-9-14/h4-7,9,15,17H,8,16H2,1-3H3. The Labute approximate surface area is 108 Å². The van der Waals surface area contributed by atoms with Gasteiger partial charge in [-0.1, -0.05) is 23.8 Å². The van der Waals surface area contributed by atoms with Crippen LogP contribution in [0.5, 0.6) is 0 Å². The van der Waals surface area contributed by atoms with Gasteiger partial charge in [0.2, 0.25) is 0 Å². The predicted octanol–water partition coefficient (Wildman–Crippen LogP) is 2.95. The average molecular weight is 244 g/mol. The van der Waals surface area contributed by atoms with E-state index in [1.165, 1.54) is 16.7 Å². The minimum Gasteiger partial charge on any atom is -0.469 e. The molecule has 0 saturated carbocycles. The van der Waals surface area contributed by atoms with E-state index in [4.69, 9.17) is 10.3 Å². The van der Waals surface area contributed by atoms with Gasteiger partial charge in [-0.15, -0.1) is 0 Å². The Morgan fingerprint density at radius 2 is 2.00 bits per heavy atom. The Morgan fingerprint density at radius 3 is 2.61 bits per heavy atom. The Morgan fingerprint density at radius 1 is 1.22 bits per heavy atom. The first kappa shape index (κ1) is 12.9. The van der Waals surface area contributed by atoms with Crippen LogP contribution in [0.2, 0.25) is 0 Å². The summed E-state index contributed by atoms with van der Waals surface area (Å²) < 4.78 is 5.34. The minimum absolute atomic E-state index is 0.0861. The molecule has 3 nitrogen and oxygen atoms in total. The number of nitrogens with two attached hydrogens (primary N) is 1. The Bertz CT molecular complexity index is 531. The molecule has 1 unspecified atom stereocenters. The Hall–Kier alpha value is -1.58. The van der Waals surface area contributed by atoms with Crippen LogP contribution in [-0.2, 0) is 6.42 Å². The van der Waals surface area contributed by atoms with Gasteiger partial charge < -0.3 is 4.42 Å². The minimum atomic E-state index is 0.0861. The van der Waals surface area contributed by atoms with Crippen molar-refractivity contribution < 1.29 is 4.42 Å². The van der Waals surface area contributed by atoms with Gasteiger partial charge >= 0.3 is 0 Å². The molecule has 0 bridgehead atoms. The second kappa shape index (κ2) is 5.38. The molecule has 2 aromatic rings. The SMILES string of the molecule is Cc1ccc(C)c(CC(NN)c2coc(C)c2)c1. The van der Waals surface area contributed by atoms with Gasteiger partial charge in [-0.25, -0.2) is 0 Å². The summed E-state index contributed by atoms with van der Waals surface area (Å²) in [5, 5.41) is 0. The van der Waals surface area contributed by atoms with Crippen molar-refractivity contribution in [1.82, 2.24) is 5.43 Å². The van der Waals surface area contributed by atoms with Crippen LogP contribution in [0.15, 0.2) is 34.9 Å². The monoisotopic (exact) mass is 244 g/mol. The Kier molecular flexibility index (Phi) is 3.84. The zero-order valence-corrected chi connectivity index (χ0v) is 11.2. The highest BCUT2D eigenvalue weighted by molar-refractivity contribution is 5.32. The smallest absolute Gasteiger partial charge is 0.101 e. The molecule has 0 aliphatic heterocycles. The van der Waals surface area contributed by atoms with Crippen LogP contribution in [0.3, 0.4) is 0 Å². The van der Waals surface area contributed by atoms with E-state index in [1.54, 1.807) is 6.26 Å². The molecule has 18 heavy (non-hydrogen) atoms. The van der Waals surface area contributed by atoms with Gasteiger partial charge in [0.1, 0.15) is 5.76 Å². The lowest BCUT2D eigenvalue weighted by atomic mass is 9.96. The van der Waals surface area contributed by atoms with Crippen LogP contribution < -0.4 is 11.3 Å². The van der Waals surface area contributed by atoms with Crippen molar-refractivity contribution in [2.75, 3.05) is 0 Å². The van der Waals surface area contributed by atoms with E-state index >= 15 is 0 Å². The molecular formula is C15H20N2O. The lowest BCUT2D eigenvalue weighted by Crippen LogP contribution is -2.29. The third kappa shape index (κ3) is 2.81. The topological polar surface area (TPSA) is 51.2 Å². The highest BCUT2D eigenvalue weighted by atomic mass is 16.3. The van der Waals surface area contributed by atoms with Gasteiger partial charge in [0.05, 0.1) is 12.3 Å². The number of furan rings is 1. The highest BCUT2D eigenvalue weighted by Crippen LogP contribution is 2.22. The molecule has 3 heteroatoms. The van der Waals surface area contributed by atoms with Crippen LogP contribution in [0.4, 0.5) is 0 Å². The van der Waals surface area contributed by atoms with E-state index in [9.17, 15) is 0 Å². The van der Waals surface area contributed by atoms with Crippen LogP contribution in [-0.4, -0.2) is 0 Å². The molecule has 2 rings (SSSR count). The van der Waals surface area contributed by atoms with Gasteiger partial charge in [0, 0.05) is 5.56 Å². The summed E-state index contributed by atoms with van der Waals surface area (Å²) >= 11 is 0. The molecule has 96 valence electrons. The van der Waals surface area contributed by atoms with Gasteiger partial charge in [-0.2, -0.15) is 0 Å². The van der Waals surface area contributed by atoms with Crippen molar-refractivity contribution in [2.24, 2.45) is 5.84 Å². The summed E-state index contributed by atoms with van der Waals surface area (Å²) in [6.07, 6.45) is 2.63. The first-order valence-corrected chi connectivity index (χ1v) is 6.17. The number of hydrogen-bond donors (Lipinski definition) is 2. The second-order valence-electron chi connectivity index (χ2n) is 4.84. The van der Waals surface area contributed by atoms with Crippen molar-refractivity contribution in [3.05, 3.63) is 58.5 Å².